The second-order valence-corrected chi connectivity index (χ2v) is 8.00. The Labute approximate surface area is 190 Å². The number of hydrogen-bond donors (Lipinski definition) is 1. The number of methoxy groups -OCH3 is 1. The topological polar surface area (TPSA) is 79.7 Å². The van der Waals surface area contributed by atoms with E-state index in [1.54, 1.807) is 36.7 Å². The van der Waals surface area contributed by atoms with E-state index in [0.717, 1.165) is 11.1 Å². The molecule has 7 heteroatoms. The number of hydrogen-bond acceptors (Lipinski definition) is 5. The van der Waals surface area contributed by atoms with Crippen LogP contribution in [0.5, 0.6) is 5.75 Å². The smallest absolute Gasteiger partial charge is 0.300 e. The molecule has 1 fully saturated rings. The normalized spacial score (nSPS) is 17.6. The van der Waals surface area contributed by atoms with E-state index < -0.39 is 17.7 Å². The van der Waals surface area contributed by atoms with E-state index in [1.807, 2.05) is 32.0 Å². The van der Waals surface area contributed by atoms with Gasteiger partial charge in [0.15, 0.2) is 0 Å². The van der Waals surface area contributed by atoms with Crippen LogP contribution in [0.3, 0.4) is 0 Å². The van der Waals surface area contributed by atoms with Crippen LogP contribution >= 0.6 is 11.6 Å². The lowest BCUT2D eigenvalue weighted by atomic mass is 9.95. The number of rotatable bonds is 4. The first-order valence-electron chi connectivity index (χ1n) is 9.95. The van der Waals surface area contributed by atoms with E-state index >= 15 is 0 Å². The zero-order valence-electron chi connectivity index (χ0n) is 17.8. The predicted octanol–water partition coefficient (Wildman–Crippen LogP) is 4.99. The number of carbonyl (C=O) groups excluding carboxylic acids is 2. The van der Waals surface area contributed by atoms with Crippen molar-refractivity contribution in [1.29, 1.82) is 0 Å². The van der Waals surface area contributed by atoms with Gasteiger partial charge in [0.1, 0.15) is 11.5 Å². The van der Waals surface area contributed by atoms with E-state index in [1.165, 1.54) is 18.1 Å². The van der Waals surface area contributed by atoms with Gasteiger partial charge in [-0.1, -0.05) is 29.8 Å². The zero-order valence-corrected chi connectivity index (χ0v) is 18.6. The molecule has 4 rings (SSSR count). The fraction of sp³-hybridized carbons (Fsp3) is 0.160. The van der Waals surface area contributed by atoms with Gasteiger partial charge in [0.05, 0.1) is 23.7 Å². The molecule has 162 valence electrons. The molecule has 1 unspecified atom stereocenters. The number of amides is 1. The summed E-state index contributed by atoms with van der Waals surface area (Å²) in [6, 6.07) is 13.0. The van der Waals surface area contributed by atoms with Crippen LogP contribution in [0, 0.1) is 13.8 Å². The second-order valence-electron chi connectivity index (χ2n) is 7.59. The maximum atomic E-state index is 13.2. The Morgan fingerprint density at radius 2 is 1.91 bits per heavy atom. The molecule has 0 aliphatic carbocycles. The van der Waals surface area contributed by atoms with E-state index in [2.05, 4.69) is 4.98 Å². The number of carbonyl (C=O) groups is 2. The molecule has 0 spiro atoms. The second kappa shape index (κ2) is 8.48. The maximum Gasteiger partial charge on any atom is 0.300 e. The van der Waals surface area contributed by atoms with Gasteiger partial charge in [-0.3, -0.25) is 19.5 Å². The third-order valence-corrected chi connectivity index (χ3v) is 5.81. The Bertz CT molecular complexity index is 1250. The third kappa shape index (κ3) is 3.63. The van der Waals surface area contributed by atoms with Crippen LogP contribution in [-0.2, 0) is 9.59 Å². The van der Waals surface area contributed by atoms with Gasteiger partial charge in [0, 0.05) is 23.6 Å². The molecule has 6 nitrogen and oxygen atoms in total. The Kier molecular flexibility index (Phi) is 5.72. The summed E-state index contributed by atoms with van der Waals surface area (Å²) in [6.07, 6.45) is 3.20. The fourth-order valence-electron chi connectivity index (χ4n) is 3.88. The molecule has 1 atom stereocenters. The van der Waals surface area contributed by atoms with Crippen molar-refractivity contribution in [2.24, 2.45) is 0 Å². The van der Waals surface area contributed by atoms with Gasteiger partial charge >= 0.3 is 0 Å². The largest absolute Gasteiger partial charge is 0.507 e. The minimum Gasteiger partial charge on any atom is -0.507 e. The summed E-state index contributed by atoms with van der Waals surface area (Å²) < 4.78 is 5.24. The van der Waals surface area contributed by atoms with Crippen molar-refractivity contribution in [1.82, 2.24) is 4.98 Å². The molecule has 1 aromatic heterocycles. The average Bonchev–Trinajstić information content (AvgIpc) is 3.06. The quantitative estimate of drug-likeness (QED) is 0.345. The first kappa shape index (κ1) is 21.6. The van der Waals surface area contributed by atoms with Crippen molar-refractivity contribution in [3.05, 3.63) is 93.8 Å². The molecule has 0 radical (unpaired) electrons. The summed E-state index contributed by atoms with van der Waals surface area (Å²) in [4.78, 5) is 32.1. The van der Waals surface area contributed by atoms with Gasteiger partial charge in [-0.15, -0.1) is 0 Å². The molecule has 0 bridgehead atoms. The van der Waals surface area contributed by atoms with Crippen molar-refractivity contribution in [2.45, 2.75) is 19.9 Å². The van der Waals surface area contributed by atoms with E-state index in [4.69, 9.17) is 16.3 Å². The van der Waals surface area contributed by atoms with Gasteiger partial charge in [-0.05, 0) is 60.9 Å². The molecule has 32 heavy (non-hydrogen) atoms. The van der Waals surface area contributed by atoms with Crippen LogP contribution < -0.4 is 9.64 Å². The molecule has 2 heterocycles. The highest BCUT2D eigenvalue weighted by atomic mass is 35.5. The minimum absolute atomic E-state index is 0.0201. The Balaban J connectivity index is 1.97. The number of aromatic nitrogens is 1. The molecule has 1 saturated heterocycles. The van der Waals surface area contributed by atoms with E-state index in [9.17, 15) is 14.7 Å². The van der Waals surface area contributed by atoms with Crippen molar-refractivity contribution >= 4 is 34.7 Å². The monoisotopic (exact) mass is 448 g/mol. The molecule has 3 aromatic rings. The van der Waals surface area contributed by atoms with Crippen molar-refractivity contribution < 1.29 is 19.4 Å². The highest BCUT2D eigenvalue weighted by Crippen LogP contribution is 2.43. The predicted molar refractivity (Wildman–Crippen MR) is 123 cm³/mol. The molecular weight excluding hydrogens is 428 g/mol. The molecule has 1 aliphatic rings. The number of aryl methyl sites for hydroxylation is 2. The van der Waals surface area contributed by atoms with Crippen LogP contribution in [0.2, 0.25) is 5.02 Å². The summed E-state index contributed by atoms with van der Waals surface area (Å²) in [6.45, 7) is 3.79. The molecule has 2 aromatic carbocycles. The lowest BCUT2D eigenvalue weighted by molar-refractivity contribution is -0.132. The van der Waals surface area contributed by atoms with Crippen LogP contribution in [0.15, 0.2) is 66.5 Å². The first-order valence-corrected chi connectivity index (χ1v) is 10.3. The van der Waals surface area contributed by atoms with Gasteiger partial charge in [0.25, 0.3) is 11.7 Å². The van der Waals surface area contributed by atoms with Gasteiger partial charge in [-0.2, -0.15) is 0 Å². The van der Waals surface area contributed by atoms with E-state index in [-0.39, 0.29) is 11.3 Å². The summed E-state index contributed by atoms with van der Waals surface area (Å²) in [5.74, 6) is -1.45. The lowest BCUT2D eigenvalue weighted by Gasteiger charge is -2.27. The van der Waals surface area contributed by atoms with Crippen molar-refractivity contribution in [2.75, 3.05) is 12.0 Å². The zero-order chi connectivity index (χ0) is 23.0. The molecule has 1 aliphatic heterocycles. The average molecular weight is 449 g/mol. The van der Waals surface area contributed by atoms with Crippen LogP contribution in [-0.4, -0.2) is 28.9 Å². The summed E-state index contributed by atoms with van der Waals surface area (Å²) in [5.41, 5.74) is 3.29. The standard InChI is InChI=1S/C25H21ClN2O4/c1-14-6-7-15(2)19(11-14)28-22(17-5-4-10-27-13-17)21(24(30)25(28)31)23(29)16-8-9-18(26)20(12-16)32-3/h4-13,22,29H,1-3H3/b23-21-. The van der Waals surface area contributed by atoms with Crippen LogP contribution in [0.25, 0.3) is 5.76 Å². The third-order valence-electron chi connectivity index (χ3n) is 5.49. The number of aliphatic hydroxyl groups is 1. The highest BCUT2D eigenvalue weighted by molar-refractivity contribution is 6.51. The molecule has 1 N–H and O–H groups in total. The van der Waals surface area contributed by atoms with Gasteiger partial charge < -0.3 is 9.84 Å². The van der Waals surface area contributed by atoms with Crippen molar-refractivity contribution in [3.63, 3.8) is 0 Å². The number of ether oxygens (including phenoxy) is 1. The number of halogens is 1. The van der Waals surface area contributed by atoms with Crippen LogP contribution in [0.4, 0.5) is 5.69 Å². The molecular formula is C25H21ClN2O4. The SMILES string of the molecule is COc1cc(/C(O)=C2/C(=O)C(=O)N(c3cc(C)ccc3C)C2c2cccnc2)ccc1Cl. The first-order chi connectivity index (χ1) is 15.3. The number of aliphatic hydroxyl groups excluding tert-OH is 1. The number of pyridine rings is 1. The summed E-state index contributed by atoms with van der Waals surface area (Å²) in [7, 11) is 1.46. The summed E-state index contributed by atoms with van der Waals surface area (Å²) >= 11 is 6.11. The summed E-state index contributed by atoms with van der Waals surface area (Å²) in [5, 5.41) is 11.6. The Hall–Kier alpha value is -3.64. The van der Waals surface area contributed by atoms with Gasteiger partial charge in [0.2, 0.25) is 0 Å². The Morgan fingerprint density at radius 3 is 2.59 bits per heavy atom. The van der Waals surface area contributed by atoms with E-state index in [0.29, 0.717) is 27.6 Å². The molecule has 0 saturated carbocycles. The number of ketones is 1. The fourth-order valence-corrected chi connectivity index (χ4v) is 4.07. The minimum atomic E-state index is -0.842. The van der Waals surface area contributed by atoms with Gasteiger partial charge in [-0.25, -0.2) is 0 Å². The number of nitrogens with zero attached hydrogens (tertiary/aromatic N) is 2. The van der Waals surface area contributed by atoms with Crippen LogP contribution in [0.1, 0.15) is 28.3 Å². The number of anilines is 1. The lowest BCUT2D eigenvalue weighted by Crippen LogP contribution is -2.30. The Morgan fingerprint density at radius 1 is 1.12 bits per heavy atom. The number of benzene rings is 2. The number of Topliss-reactive ketones (excluding diaryl/α,β-unsaturated/α-hetero) is 1. The maximum absolute atomic E-state index is 13.2. The highest BCUT2D eigenvalue weighted by Gasteiger charge is 2.47. The molecule has 1 amide bonds. The van der Waals surface area contributed by atoms with Crippen molar-refractivity contribution in [3.8, 4) is 5.75 Å².